The van der Waals surface area contributed by atoms with Crippen LogP contribution < -0.4 is 5.32 Å². The SMILES string of the molecule is CCC(C)C1CN(Cc2cc(F)ccc2Cl)CCN1. The highest BCUT2D eigenvalue weighted by Crippen LogP contribution is 2.20. The second kappa shape index (κ2) is 6.69. The number of halogens is 2. The largest absolute Gasteiger partial charge is 0.311 e. The van der Waals surface area contributed by atoms with Crippen LogP contribution in [0.3, 0.4) is 0 Å². The van der Waals surface area contributed by atoms with Gasteiger partial charge in [0.1, 0.15) is 5.82 Å². The van der Waals surface area contributed by atoms with Crippen molar-refractivity contribution in [3.63, 3.8) is 0 Å². The van der Waals surface area contributed by atoms with Crippen molar-refractivity contribution in [3.8, 4) is 0 Å². The van der Waals surface area contributed by atoms with Crippen molar-refractivity contribution in [2.45, 2.75) is 32.9 Å². The minimum absolute atomic E-state index is 0.215. The van der Waals surface area contributed by atoms with Crippen LogP contribution >= 0.6 is 11.6 Å². The summed E-state index contributed by atoms with van der Waals surface area (Å²) in [7, 11) is 0. The first-order valence-corrected chi connectivity index (χ1v) is 7.37. The molecule has 4 heteroatoms. The third-order valence-corrected chi connectivity index (χ3v) is 4.39. The van der Waals surface area contributed by atoms with E-state index in [0.29, 0.717) is 17.0 Å². The Morgan fingerprint density at radius 3 is 3.05 bits per heavy atom. The van der Waals surface area contributed by atoms with Gasteiger partial charge in [0.15, 0.2) is 0 Å². The molecule has 1 aliphatic rings. The molecule has 2 rings (SSSR count). The van der Waals surface area contributed by atoms with Gasteiger partial charge in [0.2, 0.25) is 0 Å². The fourth-order valence-corrected chi connectivity index (χ4v) is 2.73. The minimum atomic E-state index is -0.215. The van der Waals surface area contributed by atoms with Crippen LogP contribution in [0.4, 0.5) is 4.39 Å². The van der Waals surface area contributed by atoms with Crippen LogP contribution in [0.25, 0.3) is 0 Å². The van der Waals surface area contributed by atoms with Gasteiger partial charge < -0.3 is 5.32 Å². The number of hydrogen-bond donors (Lipinski definition) is 1. The van der Waals surface area contributed by atoms with Crippen LogP contribution in [-0.2, 0) is 6.54 Å². The van der Waals surface area contributed by atoms with E-state index in [4.69, 9.17) is 11.6 Å². The van der Waals surface area contributed by atoms with E-state index < -0.39 is 0 Å². The molecule has 0 amide bonds. The molecule has 19 heavy (non-hydrogen) atoms. The van der Waals surface area contributed by atoms with Gasteiger partial charge in [-0.25, -0.2) is 4.39 Å². The molecule has 2 nitrogen and oxygen atoms in total. The maximum absolute atomic E-state index is 13.3. The summed E-state index contributed by atoms with van der Waals surface area (Å²) in [5.41, 5.74) is 0.881. The lowest BCUT2D eigenvalue weighted by Crippen LogP contribution is -2.52. The summed E-state index contributed by atoms with van der Waals surface area (Å²) >= 11 is 6.13. The lowest BCUT2D eigenvalue weighted by Gasteiger charge is -2.36. The van der Waals surface area contributed by atoms with Gasteiger partial charge in [-0.1, -0.05) is 31.9 Å². The van der Waals surface area contributed by atoms with Crippen molar-refractivity contribution in [1.82, 2.24) is 10.2 Å². The molecule has 1 fully saturated rings. The van der Waals surface area contributed by atoms with E-state index >= 15 is 0 Å². The lowest BCUT2D eigenvalue weighted by atomic mass is 9.97. The molecule has 1 aromatic rings. The van der Waals surface area contributed by atoms with Gasteiger partial charge in [-0.2, -0.15) is 0 Å². The first-order valence-electron chi connectivity index (χ1n) is 6.99. The van der Waals surface area contributed by atoms with E-state index in [1.807, 2.05) is 0 Å². The topological polar surface area (TPSA) is 15.3 Å². The van der Waals surface area contributed by atoms with E-state index in [1.165, 1.54) is 12.5 Å². The van der Waals surface area contributed by atoms with Gasteiger partial charge >= 0.3 is 0 Å². The number of hydrogen-bond acceptors (Lipinski definition) is 2. The van der Waals surface area contributed by atoms with Crippen molar-refractivity contribution in [2.75, 3.05) is 19.6 Å². The van der Waals surface area contributed by atoms with E-state index in [1.54, 1.807) is 12.1 Å². The van der Waals surface area contributed by atoms with Crippen molar-refractivity contribution in [3.05, 3.63) is 34.6 Å². The zero-order valence-corrected chi connectivity index (χ0v) is 12.4. The summed E-state index contributed by atoms with van der Waals surface area (Å²) in [4.78, 5) is 2.36. The quantitative estimate of drug-likeness (QED) is 0.913. The smallest absolute Gasteiger partial charge is 0.123 e. The molecular weight excluding hydrogens is 263 g/mol. The third kappa shape index (κ3) is 3.91. The maximum atomic E-state index is 13.3. The molecule has 0 bridgehead atoms. The van der Waals surface area contributed by atoms with Crippen LogP contribution in [0.2, 0.25) is 5.02 Å². The monoisotopic (exact) mass is 284 g/mol. The average molecular weight is 285 g/mol. The third-order valence-electron chi connectivity index (χ3n) is 4.02. The summed E-state index contributed by atoms with van der Waals surface area (Å²) in [6.07, 6.45) is 1.17. The van der Waals surface area contributed by atoms with Gasteiger partial charge in [-0.15, -0.1) is 0 Å². The Morgan fingerprint density at radius 1 is 1.53 bits per heavy atom. The zero-order chi connectivity index (χ0) is 13.8. The van der Waals surface area contributed by atoms with Crippen molar-refractivity contribution < 1.29 is 4.39 Å². The summed E-state index contributed by atoms with van der Waals surface area (Å²) in [5.74, 6) is 0.443. The fourth-order valence-electron chi connectivity index (χ4n) is 2.56. The van der Waals surface area contributed by atoms with Gasteiger partial charge in [0, 0.05) is 37.2 Å². The molecular formula is C15H22ClFN2. The molecule has 106 valence electrons. The number of rotatable bonds is 4. The predicted molar refractivity (Wildman–Crippen MR) is 77.9 cm³/mol. The Balaban J connectivity index is 2.00. The Bertz CT molecular complexity index is 425. The van der Waals surface area contributed by atoms with E-state index in [2.05, 4.69) is 24.1 Å². The average Bonchev–Trinajstić information content (AvgIpc) is 2.42. The first-order chi connectivity index (χ1) is 9.10. The second-order valence-corrected chi connectivity index (χ2v) is 5.82. The van der Waals surface area contributed by atoms with Crippen LogP contribution in [0.5, 0.6) is 0 Å². The molecule has 0 radical (unpaired) electrons. The summed E-state index contributed by atoms with van der Waals surface area (Å²) in [6, 6.07) is 5.11. The number of nitrogens with one attached hydrogen (secondary N) is 1. The maximum Gasteiger partial charge on any atom is 0.123 e. The highest BCUT2D eigenvalue weighted by Gasteiger charge is 2.23. The number of nitrogens with zero attached hydrogens (tertiary/aromatic N) is 1. The highest BCUT2D eigenvalue weighted by atomic mass is 35.5. The molecule has 0 saturated carbocycles. The van der Waals surface area contributed by atoms with E-state index in [9.17, 15) is 4.39 Å². The van der Waals surface area contributed by atoms with E-state index in [0.717, 1.165) is 31.7 Å². The predicted octanol–water partition coefficient (Wildman–Crippen LogP) is 3.30. The van der Waals surface area contributed by atoms with Gasteiger partial charge in [-0.3, -0.25) is 4.90 Å². The number of piperazine rings is 1. The minimum Gasteiger partial charge on any atom is -0.311 e. The number of benzene rings is 1. The second-order valence-electron chi connectivity index (χ2n) is 5.42. The van der Waals surface area contributed by atoms with Gasteiger partial charge in [0.25, 0.3) is 0 Å². The van der Waals surface area contributed by atoms with Crippen LogP contribution in [0.15, 0.2) is 18.2 Å². The Morgan fingerprint density at radius 2 is 2.32 bits per heavy atom. The van der Waals surface area contributed by atoms with E-state index in [-0.39, 0.29) is 5.82 Å². The molecule has 0 spiro atoms. The van der Waals surface area contributed by atoms with Crippen LogP contribution in [-0.4, -0.2) is 30.6 Å². The summed E-state index contributed by atoms with van der Waals surface area (Å²) in [5, 5.41) is 4.22. The normalized spacial score (nSPS) is 22.4. The van der Waals surface area contributed by atoms with Crippen molar-refractivity contribution in [2.24, 2.45) is 5.92 Å². The summed E-state index contributed by atoms with van der Waals surface area (Å²) < 4.78 is 13.3. The van der Waals surface area contributed by atoms with Crippen molar-refractivity contribution >= 4 is 11.6 Å². The molecule has 1 N–H and O–H groups in total. The zero-order valence-electron chi connectivity index (χ0n) is 11.6. The first kappa shape index (κ1) is 14.8. The molecule has 1 heterocycles. The Kier molecular flexibility index (Phi) is 5.20. The van der Waals surface area contributed by atoms with Gasteiger partial charge in [-0.05, 0) is 29.7 Å². The van der Waals surface area contributed by atoms with Gasteiger partial charge in [0.05, 0.1) is 0 Å². The van der Waals surface area contributed by atoms with Crippen LogP contribution in [0, 0.1) is 11.7 Å². The molecule has 0 aliphatic carbocycles. The standard InChI is InChI=1S/C15H22ClFN2/c1-3-11(2)15-10-19(7-6-18-15)9-12-8-13(17)4-5-14(12)16/h4-5,8,11,15,18H,3,6-7,9-10H2,1-2H3. The Hall–Kier alpha value is -0.640. The highest BCUT2D eigenvalue weighted by molar-refractivity contribution is 6.31. The van der Waals surface area contributed by atoms with Crippen LogP contribution in [0.1, 0.15) is 25.8 Å². The molecule has 1 saturated heterocycles. The molecule has 2 unspecified atom stereocenters. The molecule has 0 aromatic heterocycles. The lowest BCUT2D eigenvalue weighted by molar-refractivity contribution is 0.162. The Labute approximate surface area is 119 Å². The fraction of sp³-hybridized carbons (Fsp3) is 0.600. The molecule has 2 atom stereocenters. The van der Waals surface area contributed by atoms with Crippen molar-refractivity contribution in [1.29, 1.82) is 0 Å². The summed E-state index contributed by atoms with van der Waals surface area (Å²) in [6.45, 7) is 8.19. The molecule has 1 aliphatic heterocycles. The molecule has 1 aromatic carbocycles.